The number of halogens is 2. The van der Waals surface area contributed by atoms with Crippen molar-refractivity contribution in [2.24, 2.45) is 0 Å². The molecule has 5 nitrogen and oxygen atoms in total. The van der Waals surface area contributed by atoms with Gasteiger partial charge in [0.25, 0.3) is 0 Å². The summed E-state index contributed by atoms with van der Waals surface area (Å²) in [6.07, 6.45) is 2.01. The smallest absolute Gasteiger partial charge is 0.229 e. The predicted molar refractivity (Wildman–Crippen MR) is 81.7 cm³/mol. The molecule has 0 unspecified atom stereocenters. The van der Waals surface area contributed by atoms with Crippen molar-refractivity contribution in [3.8, 4) is 5.75 Å². The Bertz CT molecular complexity index is 591. The van der Waals surface area contributed by atoms with Gasteiger partial charge < -0.3 is 14.6 Å². The normalized spacial score (nSPS) is 21.2. The molecule has 1 saturated heterocycles. The van der Waals surface area contributed by atoms with Crippen LogP contribution in [0, 0.1) is 5.82 Å². The molecule has 3 rings (SSSR count). The highest BCUT2D eigenvalue weighted by Crippen LogP contribution is 2.26. The largest absolute Gasteiger partial charge is 0.485 e. The summed E-state index contributed by atoms with van der Waals surface area (Å²) in [4.78, 5) is 4.40. The van der Waals surface area contributed by atoms with Crippen LogP contribution in [-0.4, -0.2) is 22.7 Å². The third kappa shape index (κ3) is 4.18. The first-order chi connectivity index (χ1) is 10.2. The van der Waals surface area contributed by atoms with Crippen molar-refractivity contribution in [1.82, 2.24) is 15.5 Å². The fourth-order valence-corrected chi connectivity index (χ4v) is 2.53. The quantitative estimate of drug-likeness (QED) is 0.935. The minimum Gasteiger partial charge on any atom is -0.485 e. The second-order valence-electron chi connectivity index (χ2n) is 5.37. The molecule has 1 aliphatic heterocycles. The Kier molecular flexibility index (Phi) is 5.74. The van der Waals surface area contributed by atoms with E-state index in [9.17, 15) is 4.39 Å². The van der Waals surface area contributed by atoms with Gasteiger partial charge in [-0.1, -0.05) is 5.16 Å². The number of rotatable bonds is 4. The van der Waals surface area contributed by atoms with Crippen LogP contribution in [0.2, 0.25) is 0 Å². The number of ether oxygens (including phenoxy) is 1. The lowest BCUT2D eigenvalue weighted by molar-refractivity contribution is 0.276. The average molecular weight is 328 g/mol. The maximum Gasteiger partial charge on any atom is 0.229 e. The second kappa shape index (κ2) is 7.56. The number of benzene rings is 1. The Balaban J connectivity index is 0.00000176. The van der Waals surface area contributed by atoms with Crippen molar-refractivity contribution in [2.45, 2.75) is 38.3 Å². The van der Waals surface area contributed by atoms with Crippen LogP contribution in [0.1, 0.15) is 37.4 Å². The highest BCUT2D eigenvalue weighted by molar-refractivity contribution is 5.85. The van der Waals surface area contributed by atoms with Crippen LogP contribution in [0.15, 0.2) is 28.8 Å². The summed E-state index contributed by atoms with van der Waals surface area (Å²) in [6.45, 7) is 3.34. The summed E-state index contributed by atoms with van der Waals surface area (Å²) >= 11 is 0. The third-order valence-electron chi connectivity index (χ3n) is 3.64. The van der Waals surface area contributed by atoms with E-state index in [0.717, 1.165) is 19.4 Å². The molecule has 1 N–H and O–H groups in total. The van der Waals surface area contributed by atoms with Gasteiger partial charge in [-0.25, -0.2) is 4.39 Å². The molecule has 1 aromatic heterocycles. The number of nitrogens with one attached hydrogen (secondary N) is 1. The molecular formula is C15H19ClFN3O2. The maximum atomic E-state index is 12.8. The average Bonchev–Trinajstić information content (AvgIpc) is 2.96. The molecule has 0 spiro atoms. The molecule has 22 heavy (non-hydrogen) atoms. The first-order valence-corrected chi connectivity index (χ1v) is 7.15. The molecule has 2 aromatic rings. The zero-order valence-electron chi connectivity index (χ0n) is 12.3. The van der Waals surface area contributed by atoms with E-state index in [1.807, 2.05) is 0 Å². The Morgan fingerprint density at radius 1 is 1.36 bits per heavy atom. The van der Waals surface area contributed by atoms with Gasteiger partial charge in [0.2, 0.25) is 11.7 Å². The molecule has 0 saturated carbocycles. The van der Waals surface area contributed by atoms with Gasteiger partial charge in [-0.05, 0) is 50.6 Å². The van der Waals surface area contributed by atoms with E-state index in [0.29, 0.717) is 29.4 Å². The lowest BCUT2D eigenvalue weighted by Crippen LogP contribution is -2.34. The molecule has 0 amide bonds. The fraction of sp³-hybridized carbons (Fsp3) is 0.467. The SMILES string of the molecule is C[C@H]1C[C@@H](c2nc(COc3ccc(F)cc3)no2)CCN1.Cl. The third-order valence-corrected chi connectivity index (χ3v) is 3.64. The van der Waals surface area contributed by atoms with Crippen molar-refractivity contribution in [2.75, 3.05) is 6.54 Å². The van der Waals surface area contributed by atoms with Crippen molar-refractivity contribution in [3.05, 3.63) is 41.8 Å². The minimum absolute atomic E-state index is 0. The van der Waals surface area contributed by atoms with Crippen LogP contribution in [0.4, 0.5) is 4.39 Å². The topological polar surface area (TPSA) is 60.2 Å². The molecule has 0 radical (unpaired) electrons. The van der Waals surface area contributed by atoms with Gasteiger partial charge >= 0.3 is 0 Å². The van der Waals surface area contributed by atoms with Crippen molar-refractivity contribution in [1.29, 1.82) is 0 Å². The molecule has 1 aromatic carbocycles. The Morgan fingerprint density at radius 3 is 2.86 bits per heavy atom. The standard InChI is InChI=1S/C15H18FN3O2.ClH/c1-10-8-11(6-7-17-10)15-18-14(19-21-15)9-20-13-4-2-12(16)3-5-13;/h2-5,10-11,17H,6-9H2,1H3;1H/t10-,11-;/m0./s1. The minimum atomic E-state index is -0.288. The molecule has 1 fully saturated rings. The summed E-state index contributed by atoms with van der Waals surface area (Å²) in [5, 5.41) is 7.34. The molecule has 0 bridgehead atoms. The highest BCUT2D eigenvalue weighted by atomic mass is 35.5. The maximum absolute atomic E-state index is 12.8. The van der Waals surface area contributed by atoms with Gasteiger partial charge in [-0.3, -0.25) is 0 Å². The molecular weight excluding hydrogens is 309 g/mol. The predicted octanol–water partition coefficient (Wildman–Crippen LogP) is 3.07. The monoisotopic (exact) mass is 327 g/mol. The number of hydrogen-bond acceptors (Lipinski definition) is 5. The van der Waals surface area contributed by atoms with Crippen LogP contribution in [0.5, 0.6) is 5.75 Å². The van der Waals surface area contributed by atoms with E-state index in [4.69, 9.17) is 9.26 Å². The van der Waals surface area contributed by atoms with Crippen molar-refractivity contribution >= 4 is 12.4 Å². The van der Waals surface area contributed by atoms with Crippen LogP contribution >= 0.6 is 12.4 Å². The zero-order valence-corrected chi connectivity index (χ0v) is 13.1. The van der Waals surface area contributed by atoms with Crippen LogP contribution in [-0.2, 0) is 6.61 Å². The fourth-order valence-electron chi connectivity index (χ4n) is 2.53. The Morgan fingerprint density at radius 2 is 2.14 bits per heavy atom. The van der Waals surface area contributed by atoms with Crippen molar-refractivity contribution in [3.63, 3.8) is 0 Å². The number of hydrogen-bond donors (Lipinski definition) is 1. The van der Waals surface area contributed by atoms with Gasteiger partial charge in [0.05, 0.1) is 0 Å². The molecule has 7 heteroatoms. The summed E-state index contributed by atoms with van der Waals surface area (Å²) in [6, 6.07) is 6.32. The molecule has 120 valence electrons. The van der Waals surface area contributed by atoms with Gasteiger partial charge in [0.1, 0.15) is 11.6 Å². The van der Waals surface area contributed by atoms with E-state index >= 15 is 0 Å². The van der Waals surface area contributed by atoms with Gasteiger partial charge in [-0.2, -0.15) is 4.98 Å². The Hall–Kier alpha value is -1.66. The first-order valence-electron chi connectivity index (χ1n) is 7.15. The summed E-state index contributed by atoms with van der Waals surface area (Å²) in [7, 11) is 0. The van der Waals surface area contributed by atoms with Crippen LogP contribution in [0.3, 0.4) is 0 Å². The van der Waals surface area contributed by atoms with E-state index in [1.54, 1.807) is 12.1 Å². The second-order valence-corrected chi connectivity index (χ2v) is 5.37. The lowest BCUT2D eigenvalue weighted by atomic mass is 9.93. The van der Waals surface area contributed by atoms with Gasteiger partial charge in [0, 0.05) is 12.0 Å². The van der Waals surface area contributed by atoms with E-state index in [-0.39, 0.29) is 24.8 Å². The number of nitrogens with zero attached hydrogens (tertiary/aromatic N) is 2. The lowest BCUT2D eigenvalue weighted by Gasteiger charge is -2.25. The van der Waals surface area contributed by atoms with Crippen LogP contribution in [0.25, 0.3) is 0 Å². The van der Waals surface area contributed by atoms with Crippen LogP contribution < -0.4 is 10.1 Å². The van der Waals surface area contributed by atoms with Crippen molar-refractivity contribution < 1.29 is 13.7 Å². The van der Waals surface area contributed by atoms with E-state index in [2.05, 4.69) is 22.4 Å². The Labute approximate surface area is 134 Å². The van der Waals surface area contributed by atoms with E-state index < -0.39 is 0 Å². The summed E-state index contributed by atoms with van der Waals surface area (Å²) in [5.41, 5.74) is 0. The first kappa shape index (κ1) is 16.7. The highest BCUT2D eigenvalue weighted by Gasteiger charge is 2.24. The van der Waals surface area contributed by atoms with Gasteiger partial charge in [-0.15, -0.1) is 12.4 Å². The molecule has 1 aliphatic rings. The number of aromatic nitrogens is 2. The molecule has 2 heterocycles. The molecule has 2 atom stereocenters. The zero-order chi connectivity index (χ0) is 14.7. The van der Waals surface area contributed by atoms with Gasteiger partial charge in [0.15, 0.2) is 6.61 Å². The summed E-state index contributed by atoms with van der Waals surface area (Å²) in [5.74, 6) is 1.80. The molecule has 0 aliphatic carbocycles. The number of piperidine rings is 1. The summed E-state index contributed by atoms with van der Waals surface area (Å²) < 4.78 is 23.6. The van der Waals surface area contributed by atoms with E-state index in [1.165, 1.54) is 12.1 Å².